The predicted octanol–water partition coefficient (Wildman–Crippen LogP) is 2.39. The van der Waals surface area contributed by atoms with Crippen molar-refractivity contribution in [3.05, 3.63) is 0 Å². The molecule has 2 N–H and O–H groups in total. The Balaban J connectivity index is 5.14. The Morgan fingerprint density at radius 1 is 1.22 bits per heavy atom. The van der Waals surface area contributed by atoms with E-state index in [-0.39, 0.29) is 18.9 Å². The van der Waals surface area contributed by atoms with Gasteiger partial charge in [0.25, 0.3) is 0 Å². The van der Waals surface area contributed by atoms with Crippen molar-refractivity contribution in [3.63, 3.8) is 0 Å². The monoisotopic (exact) mass is 260 g/mol. The van der Waals surface area contributed by atoms with Crippen LogP contribution in [0.25, 0.3) is 0 Å². The summed E-state index contributed by atoms with van der Waals surface area (Å²) in [5.41, 5.74) is -1.63. The number of hydrogen-bond donors (Lipinski definition) is 2. The lowest BCUT2D eigenvalue weighted by molar-refractivity contribution is -0.185. The third kappa shape index (κ3) is 4.29. The molecule has 0 rings (SSSR count). The van der Waals surface area contributed by atoms with Crippen LogP contribution >= 0.6 is 0 Å². The molecule has 0 saturated carbocycles. The maximum atomic E-state index is 11.5. The maximum absolute atomic E-state index is 11.5. The van der Waals surface area contributed by atoms with Gasteiger partial charge in [0.1, 0.15) is 0 Å². The molecule has 0 saturated heterocycles. The average molecular weight is 260 g/mol. The van der Waals surface area contributed by atoms with Gasteiger partial charge in [0.15, 0.2) is 5.60 Å². The molecule has 5 heteroatoms. The van der Waals surface area contributed by atoms with Crippen LogP contribution in [0.2, 0.25) is 0 Å². The van der Waals surface area contributed by atoms with Gasteiger partial charge < -0.3 is 14.9 Å². The Morgan fingerprint density at radius 3 is 2.11 bits per heavy atom. The van der Waals surface area contributed by atoms with Gasteiger partial charge in [-0.15, -0.1) is 0 Å². The summed E-state index contributed by atoms with van der Waals surface area (Å²) in [6.45, 7) is 7.34. The molecule has 18 heavy (non-hydrogen) atoms. The van der Waals surface area contributed by atoms with E-state index in [2.05, 4.69) is 0 Å². The Morgan fingerprint density at radius 2 is 1.78 bits per heavy atom. The summed E-state index contributed by atoms with van der Waals surface area (Å²) in [4.78, 5) is 22.6. The predicted molar refractivity (Wildman–Crippen MR) is 67.5 cm³/mol. The van der Waals surface area contributed by atoms with Gasteiger partial charge >= 0.3 is 11.9 Å². The minimum Gasteiger partial charge on any atom is -0.481 e. The summed E-state index contributed by atoms with van der Waals surface area (Å²) in [6.07, 6.45) is 1.79. The number of aliphatic carboxylic acids is 2. The Hall–Kier alpha value is -1.10. The third-order valence-electron chi connectivity index (χ3n) is 3.00. The summed E-state index contributed by atoms with van der Waals surface area (Å²) >= 11 is 0. The minimum atomic E-state index is -1.63. The molecule has 0 fully saturated rings. The SMILES string of the molecule is CCCCO[C@@](CC(C)C)(C(=O)O)[C@H](C)C(=O)O. The van der Waals surface area contributed by atoms with Crippen molar-refractivity contribution in [2.24, 2.45) is 11.8 Å². The lowest BCUT2D eigenvalue weighted by Crippen LogP contribution is -2.51. The number of rotatable bonds is 9. The van der Waals surface area contributed by atoms with Gasteiger partial charge in [0, 0.05) is 6.61 Å². The van der Waals surface area contributed by atoms with Gasteiger partial charge in [-0.3, -0.25) is 4.79 Å². The highest BCUT2D eigenvalue weighted by Crippen LogP contribution is 2.31. The summed E-state index contributed by atoms with van der Waals surface area (Å²) < 4.78 is 5.49. The fourth-order valence-corrected chi connectivity index (χ4v) is 1.90. The van der Waals surface area contributed by atoms with E-state index in [4.69, 9.17) is 9.84 Å². The van der Waals surface area contributed by atoms with E-state index in [1.807, 2.05) is 20.8 Å². The van der Waals surface area contributed by atoms with E-state index >= 15 is 0 Å². The first-order chi connectivity index (χ1) is 8.27. The number of unbranched alkanes of at least 4 members (excludes halogenated alkanes) is 1. The highest BCUT2D eigenvalue weighted by molar-refractivity contribution is 5.85. The first kappa shape index (κ1) is 16.9. The molecule has 0 heterocycles. The molecule has 5 nitrogen and oxygen atoms in total. The van der Waals surface area contributed by atoms with Gasteiger partial charge in [-0.05, 0) is 25.7 Å². The maximum Gasteiger partial charge on any atom is 0.336 e. The van der Waals surface area contributed by atoms with Crippen LogP contribution in [0.1, 0.15) is 47.0 Å². The highest BCUT2D eigenvalue weighted by Gasteiger charge is 2.48. The van der Waals surface area contributed by atoms with Crippen LogP contribution in [-0.4, -0.2) is 34.4 Å². The van der Waals surface area contributed by atoms with E-state index in [1.165, 1.54) is 6.92 Å². The third-order valence-corrected chi connectivity index (χ3v) is 3.00. The molecule has 0 aliphatic rings. The number of carbonyl (C=O) groups is 2. The van der Waals surface area contributed by atoms with Gasteiger partial charge in [0.2, 0.25) is 0 Å². The van der Waals surface area contributed by atoms with Crippen LogP contribution in [0.4, 0.5) is 0 Å². The molecule has 0 unspecified atom stereocenters. The number of carboxylic acid groups (broad SMARTS) is 2. The second kappa shape index (κ2) is 7.36. The van der Waals surface area contributed by atoms with E-state index in [0.29, 0.717) is 0 Å². The first-order valence-electron chi connectivity index (χ1n) is 6.38. The molecule has 0 aromatic heterocycles. The van der Waals surface area contributed by atoms with Crippen LogP contribution in [-0.2, 0) is 14.3 Å². The van der Waals surface area contributed by atoms with Crippen LogP contribution in [0.15, 0.2) is 0 Å². The minimum absolute atomic E-state index is 0.0459. The summed E-state index contributed by atoms with van der Waals surface area (Å²) in [5.74, 6) is -3.37. The van der Waals surface area contributed by atoms with Gasteiger partial charge in [0.05, 0.1) is 5.92 Å². The number of carboxylic acids is 2. The quantitative estimate of drug-likeness (QED) is 0.622. The van der Waals surface area contributed by atoms with E-state index in [0.717, 1.165) is 12.8 Å². The van der Waals surface area contributed by atoms with E-state index in [9.17, 15) is 14.7 Å². The Bertz CT molecular complexity index is 287. The van der Waals surface area contributed by atoms with Crippen LogP contribution in [0.3, 0.4) is 0 Å². The molecule has 0 aromatic rings. The molecule has 0 bridgehead atoms. The zero-order chi connectivity index (χ0) is 14.3. The molecular weight excluding hydrogens is 236 g/mol. The zero-order valence-corrected chi connectivity index (χ0v) is 11.6. The topological polar surface area (TPSA) is 83.8 Å². The Kier molecular flexibility index (Phi) is 6.91. The number of ether oxygens (including phenoxy) is 1. The fraction of sp³-hybridized carbons (Fsp3) is 0.846. The first-order valence-corrected chi connectivity index (χ1v) is 6.38. The molecule has 0 amide bonds. The van der Waals surface area contributed by atoms with Crippen molar-refractivity contribution in [1.82, 2.24) is 0 Å². The fourth-order valence-electron chi connectivity index (χ4n) is 1.90. The van der Waals surface area contributed by atoms with Crippen molar-refractivity contribution in [1.29, 1.82) is 0 Å². The van der Waals surface area contributed by atoms with E-state index in [1.54, 1.807) is 0 Å². The second-order valence-corrected chi connectivity index (χ2v) is 5.05. The molecule has 2 atom stereocenters. The van der Waals surface area contributed by atoms with Crippen LogP contribution in [0.5, 0.6) is 0 Å². The summed E-state index contributed by atoms with van der Waals surface area (Å²) in [5, 5.41) is 18.5. The second-order valence-electron chi connectivity index (χ2n) is 5.05. The van der Waals surface area contributed by atoms with Gasteiger partial charge in [-0.1, -0.05) is 27.2 Å². The smallest absolute Gasteiger partial charge is 0.336 e. The van der Waals surface area contributed by atoms with Gasteiger partial charge in [-0.2, -0.15) is 0 Å². The van der Waals surface area contributed by atoms with Crippen molar-refractivity contribution in [2.45, 2.75) is 52.6 Å². The molecule has 0 radical (unpaired) electrons. The molecule has 0 spiro atoms. The van der Waals surface area contributed by atoms with E-state index < -0.39 is 23.5 Å². The number of hydrogen-bond acceptors (Lipinski definition) is 3. The molecular formula is C13H24O5. The van der Waals surface area contributed by atoms with Crippen molar-refractivity contribution < 1.29 is 24.5 Å². The standard InChI is InChI=1S/C13H24O5/c1-5-6-7-18-13(12(16)17,8-9(2)3)10(4)11(14)15/h9-10H,5-8H2,1-4H3,(H,14,15)(H,16,17)/t10-,13-/m1/s1. The van der Waals surface area contributed by atoms with Crippen LogP contribution < -0.4 is 0 Å². The normalized spacial score (nSPS) is 16.3. The summed E-state index contributed by atoms with van der Waals surface area (Å²) in [6, 6.07) is 0. The van der Waals surface area contributed by atoms with Crippen molar-refractivity contribution >= 4 is 11.9 Å². The molecule has 0 aliphatic heterocycles. The largest absolute Gasteiger partial charge is 0.481 e. The lowest BCUT2D eigenvalue weighted by atomic mass is 9.81. The average Bonchev–Trinajstić information content (AvgIpc) is 2.25. The zero-order valence-electron chi connectivity index (χ0n) is 11.6. The molecule has 0 aliphatic carbocycles. The van der Waals surface area contributed by atoms with Gasteiger partial charge in [-0.25, -0.2) is 4.79 Å². The Labute approximate surface area is 108 Å². The van der Waals surface area contributed by atoms with Crippen LogP contribution in [0, 0.1) is 11.8 Å². The van der Waals surface area contributed by atoms with Crippen molar-refractivity contribution in [2.75, 3.05) is 6.61 Å². The van der Waals surface area contributed by atoms with Crippen molar-refractivity contribution in [3.8, 4) is 0 Å². The highest BCUT2D eigenvalue weighted by atomic mass is 16.5. The summed E-state index contributed by atoms with van der Waals surface area (Å²) in [7, 11) is 0. The molecule has 106 valence electrons. The molecule has 0 aromatic carbocycles. The lowest BCUT2D eigenvalue weighted by Gasteiger charge is -2.34.